The number of phenolic OH excluding ortho intramolecular Hbond substituents is 1. The summed E-state index contributed by atoms with van der Waals surface area (Å²) in [5, 5.41) is 9.33. The zero-order chi connectivity index (χ0) is 11.5. The second kappa shape index (κ2) is 4.16. The minimum absolute atomic E-state index is 0.123. The molecule has 0 atom stereocenters. The average molecular weight is 217 g/mol. The van der Waals surface area contributed by atoms with E-state index in [1.54, 1.807) is 18.2 Å². The number of hydrogen-bond acceptors (Lipinski definition) is 4. The molecule has 0 fully saturated rings. The van der Waals surface area contributed by atoms with Crippen molar-refractivity contribution in [2.24, 2.45) is 5.73 Å². The normalized spacial score (nSPS) is 10.3. The third kappa shape index (κ3) is 2.09. The van der Waals surface area contributed by atoms with Crippen LogP contribution in [0.1, 0.15) is 5.69 Å². The lowest BCUT2D eigenvalue weighted by atomic mass is 10.2. The molecule has 82 valence electrons. The van der Waals surface area contributed by atoms with E-state index in [2.05, 4.69) is 9.97 Å². The first-order chi connectivity index (χ1) is 7.69. The molecule has 1 heterocycles. The van der Waals surface area contributed by atoms with Crippen molar-refractivity contribution in [2.45, 2.75) is 6.54 Å². The van der Waals surface area contributed by atoms with E-state index in [0.29, 0.717) is 17.1 Å². The fourth-order valence-electron chi connectivity index (χ4n) is 1.40. The van der Waals surface area contributed by atoms with Crippen LogP contribution in [0.4, 0.5) is 0 Å². The van der Waals surface area contributed by atoms with Gasteiger partial charge in [-0.25, -0.2) is 4.98 Å². The predicted octanol–water partition coefficient (Wildman–Crippen LogP) is 0.601. The highest BCUT2D eigenvalue weighted by Crippen LogP contribution is 2.18. The quantitative estimate of drug-likeness (QED) is 0.686. The molecule has 2 rings (SSSR count). The van der Waals surface area contributed by atoms with Gasteiger partial charge in [0.05, 0.1) is 5.69 Å². The van der Waals surface area contributed by atoms with Gasteiger partial charge in [0.15, 0.2) is 0 Å². The molecular formula is C11H11N3O2. The van der Waals surface area contributed by atoms with E-state index >= 15 is 0 Å². The zero-order valence-electron chi connectivity index (χ0n) is 8.47. The van der Waals surface area contributed by atoms with Gasteiger partial charge in [-0.15, -0.1) is 0 Å². The largest absolute Gasteiger partial charge is 0.508 e. The monoisotopic (exact) mass is 217 g/mol. The Balaban J connectivity index is 2.55. The Kier molecular flexibility index (Phi) is 2.70. The maximum atomic E-state index is 11.3. The topological polar surface area (TPSA) is 92.0 Å². The van der Waals surface area contributed by atoms with Crippen molar-refractivity contribution in [1.82, 2.24) is 9.97 Å². The van der Waals surface area contributed by atoms with Crippen LogP contribution in [0.3, 0.4) is 0 Å². The summed E-state index contributed by atoms with van der Waals surface area (Å²) in [6.07, 6.45) is 0. The maximum Gasteiger partial charge on any atom is 0.251 e. The fraction of sp³-hybridized carbons (Fsp3) is 0.0909. The lowest BCUT2D eigenvalue weighted by Crippen LogP contribution is -2.12. The number of nitrogens with zero attached hydrogens (tertiary/aromatic N) is 1. The van der Waals surface area contributed by atoms with Crippen molar-refractivity contribution in [3.8, 4) is 17.1 Å². The number of aromatic amines is 1. The van der Waals surface area contributed by atoms with Crippen LogP contribution in [-0.4, -0.2) is 15.1 Å². The zero-order valence-corrected chi connectivity index (χ0v) is 8.47. The molecule has 0 amide bonds. The van der Waals surface area contributed by atoms with Gasteiger partial charge in [0.2, 0.25) is 0 Å². The molecule has 16 heavy (non-hydrogen) atoms. The average Bonchev–Trinajstić information content (AvgIpc) is 2.28. The van der Waals surface area contributed by atoms with Crippen LogP contribution in [-0.2, 0) is 6.54 Å². The van der Waals surface area contributed by atoms with Crippen molar-refractivity contribution < 1.29 is 5.11 Å². The van der Waals surface area contributed by atoms with Crippen LogP contribution in [0.25, 0.3) is 11.4 Å². The highest BCUT2D eigenvalue weighted by Gasteiger charge is 2.03. The molecule has 0 radical (unpaired) electrons. The highest BCUT2D eigenvalue weighted by atomic mass is 16.3. The van der Waals surface area contributed by atoms with E-state index in [-0.39, 0.29) is 17.9 Å². The molecule has 1 aromatic heterocycles. The first-order valence-corrected chi connectivity index (χ1v) is 4.79. The van der Waals surface area contributed by atoms with E-state index in [9.17, 15) is 9.90 Å². The number of nitrogens with one attached hydrogen (secondary N) is 1. The van der Waals surface area contributed by atoms with Gasteiger partial charge in [-0.3, -0.25) is 4.79 Å². The summed E-state index contributed by atoms with van der Waals surface area (Å²) >= 11 is 0. The van der Waals surface area contributed by atoms with E-state index < -0.39 is 0 Å². The molecule has 0 bridgehead atoms. The van der Waals surface area contributed by atoms with Crippen LogP contribution in [0.2, 0.25) is 0 Å². The molecule has 0 spiro atoms. The summed E-state index contributed by atoms with van der Waals surface area (Å²) in [6, 6.07) is 7.86. The van der Waals surface area contributed by atoms with E-state index in [1.165, 1.54) is 12.1 Å². The van der Waals surface area contributed by atoms with Crippen LogP contribution >= 0.6 is 0 Å². The molecule has 0 saturated heterocycles. The number of benzene rings is 1. The Morgan fingerprint density at radius 1 is 1.38 bits per heavy atom. The first kappa shape index (κ1) is 10.4. The van der Waals surface area contributed by atoms with Crippen LogP contribution in [0.15, 0.2) is 35.1 Å². The van der Waals surface area contributed by atoms with E-state index in [1.807, 2.05) is 0 Å². The summed E-state index contributed by atoms with van der Waals surface area (Å²) in [7, 11) is 0. The molecule has 5 heteroatoms. The Bertz CT molecular complexity index is 563. The molecule has 4 N–H and O–H groups in total. The van der Waals surface area contributed by atoms with E-state index in [4.69, 9.17) is 5.73 Å². The molecule has 5 nitrogen and oxygen atoms in total. The number of aromatic nitrogens is 2. The Morgan fingerprint density at radius 3 is 2.88 bits per heavy atom. The fourth-order valence-corrected chi connectivity index (χ4v) is 1.40. The van der Waals surface area contributed by atoms with Crippen LogP contribution in [0.5, 0.6) is 5.75 Å². The van der Waals surface area contributed by atoms with Gasteiger partial charge in [-0.1, -0.05) is 12.1 Å². The molecular weight excluding hydrogens is 206 g/mol. The standard InChI is InChI=1S/C11H11N3O2/c12-6-8-5-10(16)14-11(13-8)7-2-1-3-9(15)4-7/h1-5,15H,6,12H2,(H,13,14,16). The molecule has 0 unspecified atom stereocenters. The second-order valence-corrected chi connectivity index (χ2v) is 3.34. The minimum Gasteiger partial charge on any atom is -0.508 e. The van der Waals surface area contributed by atoms with Crippen molar-refractivity contribution in [3.05, 3.63) is 46.4 Å². The van der Waals surface area contributed by atoms with Gasteiger partial charge < -0.3 is 15.8 Å². The number of nitrogens with two attached hydrogens (primary N) is 1. The minimum atomic E-state index is -0.256. The SMILES string of the molecule is NCc1cc(=O)[nH]c(-c2cccc(O)c2)n1. The Morgan fingerprint density at radius 2 is 2.19 bits per heavy atom. The van der Waals surface area contributed by atoms with Crippen molar-refractivity contribution in [1.29, 1.82) is 0 Å². The van der Waals surface area contributed by atoms with Gasteiger partial charge in [0, 0.05) is 18.2 Å². The third-order valence-corrected chi connectivity index (χ3v) is 2.12. The predicted molar refractivity (Wildman–Crippen MR) is 59.8 cm³/mol. The Labute approximate surface area is 91.6 Å². The summed E-state index contributed by atoms with van der Waals surface area (Å²) in [5.41, 5.74) is 6.34. The third-order valence-electron chi connectivity index (χ3n) is 2.12. The van der Waals surface area contributed by atoms with Gasteiger partial charge in [0.25, 0.3) is 5.56 Å². The highest BCUT2D eigenvalue weighted by molar-refractivity contribution is 5.57. The molecule has 2 aromatic rings. The summed E-state index contributed by atoms with van der Waals surface area (Å²) in [6.45, 7) is 0.204. The number of rotatable bonds is 2. The van der Waals surface area contributed by atoms with Crippen molar-refractivity contribution >= 4 is 0 Å². The van der Waals surface area contributed by atoms with Crippen LogP contribution < -0.4 is 11.3 Å². The van der Waals surface area contributed by atoms with E-state index in [0.717, 1.165) is 0 Å². The number of hydrogen-bond donors (Lipinski definition) is 3. The van der Waals surface area contributed by atoms with Crippen molar-refractivity contribution in [2.75, 3.05) is 0 Å². The molecule has 0 aliphatic heterocycles. The Hall–Kier alpha value is -2.14. The van der Waals surface area contributed by atoms with Crippen molar-refractivity contribution in [3.63, 3.8) is 0 Å². The first-order valence-electron chi connectivity index (χ1n) is 4.79. The number of phenols is 1. The number of H-pyrrole nitrogens is 1. The molecule has 1 aromatic carbocycles. The number of aromatic hydroxyl groups is 1. The van der Waals surface area contributed by atoms with Gasteiger partial charge in [0.1, 0.15) is 11.6 Å². The summed E-state index contributed by atoms with van der Waals surface area (Å²) in [5.74, 6) is 0.530. The summed E-state index contributed by atoms with van der Waals surface area (Å²) < 4.78 is 0. The second-order valence-electron chi connectivity index (χ2n) is 3.34. The smallest absolute Gasteiger partial charge is 0.251 e. The van der Waals surface area contributed by atoms with Gasteiger partial charge in [-0.2, -0.15) is 0 Å². The molecule has 0 saturated carbocycles. The lowest BCUT2D eigenvalue weighted by Gasteiger charge is -2.03. The van der Waals surface area contributed by atoms with Gasteiger partial charge >= 0.3 is 0 Å². The molecule has 0 aliphatic rings. The van der Waals surface area contributed by atoms with Crippen LogP contribution in [0, 0.1) is 0 Å². The van der Waals surface area contributed by atoms with Gasteiger partial charge in [-0.05, 0) is 12.1 Å². The summed E-state index contributed by atoms with van der Waals surface area (Å²) in [4.78, 5) is 18.1. The maximum absolute atomic E-state index is 11.3. The lowest BCUT2D eigenvalue weighted by molar-refractivity contribution is 0.475. The molecule has 0 aliphatic carbocycles.